The number of hydrogen-bond donors (Lipinski definition) is 2. The lowest BCUT2D eigenvalue weighted by Gasteiger charge is -2.18. The van der Waals surface area contributed by atoms with Crippen LogP contribution in [0.15, 0.2) is 24.5 Å². The molecule has 0 bridgehead atoms. The molecule has 0 aliphatic carbocycles. The Morgan fingerprint density at radius 1 is 1.50 bits per heavy atom. The maximum absolute atomic E-state index is 11.9. The summed E-state index contributed by atoms with van der Waals surface area (Å²) in [7, 11) is 3.21. The van der Waals surface area contributed by atoms with Gasteiger partial charge < -0.3 is 19.3 Å². The average Bonchev–Trinajstić information content (AvgIpc) is 3.10. The van der Waals surface area contributed by atoms with Crippen LogP contribution in [0.2, 0.25) is 0 Å². The predicted molar refractivity (Wildman–Crippen MR) is 87.5 cm³/mol. The van der Waals surface area contributed by atoms with Gasteiger partial charge in [-0.05, 0) is 24.4 Å². The van der Waals surface area contributed by atoms with Crippen molar-refractivity contribution in [3.8, 4) is 11.4 Å². The Labute approximate surface area is 144 Å². The molecule has 0 spiro atoms. The highest BCUT2D eigenvalue weighted by Crippen LogP contribution is 2.15. The Kier molecular flexibility index (Phi) is 4.74. The minimum absolute atomic E-state index is 0.321. The summed E-state index contributed by atoms with van der Waals surface area (Å²) in [5.74, 6) is 0.412. The molecular weight excluding hydrogens is 330 g/mol. The van der Waals surface area contributed by atoms with Gasteiger partial charge in [-0.25, -0.2) is 4.79 Å². The third kappa shape index (κ3) is 3.10. The van der Waals surface area contributed by atoms with Crippen LogP contribution in [0.1, 0.15) is 6.42 Å². The van der Waals surface area contributed by atoms with Crippen LogP contribution in [-0.2, 0) is 23.2 Å². The number of likely N-dealkylation sites (tertiary alicyclic amines) is 1. The maximum atomic E-state index is 11.9. The first kappa shape index (κ1) is 16.7. The normalized spacial score (nSPS) is 23.4. The Bertz CT molecular complexity index is 788. The summed E-state index contributed by atoms with van der Waals surface area (Å²) in [6, 6.07) is 3.33. The van der Waals surface area contributed by atoms with Gasteiger partial charge in [0.25, 0.3) is 0 Å². The number of quaternary nitrogens is 1. The van der Waals surface area contributed by atoms with Crippen LogP contribution in [0.25, 0.3) is 11.4 Å². The number of pyridine rings is 1. The monoisotopic (exact) mass is 350 g/mol. The lowest BCUT2D eigenvalue weighted by molar-refractivity contribution is -0.928. The van der Waals surface area contributed by atoms with E-state index in [-0.39, 0.29) is 5.97 Å². The van der Waals surface area contributed by atoms with Crippen molar-refractivity contribution in [2.24, 2.45) is 7.05 Å². The average molecular weight is 350 g/mol. The molecule has 2 aromatic rings. The number of aromatic nitrogens is 4. The van der Waals surface area contributed by atoms with Gasteiger partial charge in [-0.2, -0.15) is 4.68 Å². The molecule has 1 fully saturated rings. The van der Waals surface area contributed by atoms with Crippen molar-refractivity contribution >= 4 is 18.2 Å². The molecule has 2 aromatic heterocycles. The first-order chi connectivity index (χ1) is 11.5. The van der Waals surface area contributed by atoms with E-state index in [0.29, 0.717) is 24.4 Å². The Morgan fingerprint density at radius 3 is 2.88 bits per heavy atom. The number of nitrogens with zero attached hydrogens (tertiary/aromatic N) is 4. The van der Waals surface area contributed by atoms with Crippen molar-refractivity contribution in [1.29, 1.82) is 0 Å². The molecule has 3 heterocycles. The first-order valence-corrected chi connectivity index (χ1v) is 8.06. The standard InChI is InChI=1S/C15H19N5O3S/c1-18-13(10-3-5-16-6-4-10)17-20(15(18)24)9-19-8-11(21)7-12(19)14(22)23-2/h3-6,11-12,21H,7-9H2,1-2H3/p+1/t11-,12+/m1/s1. The van der Waals surface area contributed by atoms with E-state index < -0.39 is 12.1 Å². The third-order valence-electron chi connectivity index (χ3n) is 4.32. The molecule has 3 rings (SSSR count). The van der Waals surface area contributed by atoms with Gasteiger partial charge in [0.05, 0.1) is 7.11 Å². The van der Waals surface area contributed by atoms with Crippen molar-refractivity contribution in [2.75, 3.05) is 13.7 Å². The zero-order valence-electron chi connectivity index (χ0n) is 13.5. The summed E-state index contributed by atoms with van der Waals surface area (Å²) in [4.78, 5) is 16.8. The lowest BCUT2D eigenvalue weighted by atomic mass is 10.2. The number of nitrogens with one attached hydrogen (secondary N) is 1. The molecule has 0 aromatic carbocycles. The number of carbonyl (C=O) groups is 1. The summed E-state index contributed by atoms with van der Waals surface area (Å²) in [5.41, 5.74) is 0.915. The fourth-order valence-electron chi connectivity index (χ4n) is 3.08. The molecule has 8 nitrogen and oxygen atoms in total. The highest BCUT2D eigenvalue weighted by molar-refractivity contribution is 7.71. The molecule has 1 aliphatic heterocycles. The van der Waals surface area contributed by atoms with Crippen LogP contribution in [0.3, 0.4) is 0 Å². The second-order valence-corrected chi connectivity index (χ2v) is 6.25. The Morgan fingerprint density at radius 2 is 2.21 bits per heavy atom. The quantitative estimate of drug-likeness (QED) is 0.553. The number of ether oxygens (including phenoxy) is 1. The highest BCUT2D eigenvalue weighted by atomic mass is 32.1. The van der Waals surface area contributed by atoms with E-state index in [9.17, 15) is 9.90 Å². The molecule has 0 amide bonds. The number of esters is 1. The Hall–Kier alpha value is -2.10. The first-order valence-electron chi connectivity index (χ1n) is 7.66. The number of aliphatic hydroxyl groups excluding tert-OH is 1. The second-order valence-electron chi connectivity index (χ2n) is 5.89. The minimum atomic E-state index is -0.526. The van der Waals surface area contributed by atoms with Gasteiger partial charge in [0, 0.05) is 31.4 Å². The molecule has 3 atom stereocenters. The van der Waals surface area contributed by atoms with Crippen molar-refractivity contribution in [1.82, 2.24) is 19.3 Å². The molecular formula is C15H20N5O3S+. The summed E-state index contributed by atoms with van der Waals surface area (Å²) in [6.45, 7) is 0.858. The molecule has 9 heteroatoms. The fraction of sp³-hybridized carbons (Fsp3) is 0.467. The van der Waals surface area contributed by atoms with Crippen LogP contribution in [0.5, 0.6) is 0 Å². The van der Waals surface area contributed by atoms with Crippen LogP contribution >= 0.6 is 12.2 Å². The molecule has 0 radical (unpaired) electrons. The second kappa shape index (κ2) is 6.80. The van der Waals surface area contributed by atoms with Crippen LogP contribution in [0.4, 0.5) is 0 Å². The van der Waals surface area contributed by atoms with Crippen molar-refractivity contribution in [3.05, 3.63) is 29.3 Å². The van der Waals surface area contributed by atoms with Gasteiger partial charge in [0.1, 0.15) is 12.6 Å². The van der Waals surface area contributed by atoms with E-state index >= 15 is 0 Å². The summed E-state index contributed by atoms with van der Waals surface area (Å²) >= 11 is 5.47. The van der Waals surface area contributed by atoms with Crippen molar-refractivity contribution in [3.63, 3.8) is 0 Å². The minimum Gasteiger partial charge on any atom is -0.465 e. The SMILES string of the molecule is COC(=O)[C@@H]1C[C@@H](O)C[NH+]1Cn1nc(-c2ccncc2)n(C)c1=S. The highest BCUT2D eigenvalue weighted by Gasteiger charge is 2.41. The van der Waals surface area contributed by atoms with Crippen LogP contribution in [-0.4, -0.2) is 56.2 Å². The summed E-state index contributed by atoms with van der Waals surface area (Å²) < 4.78 is 8.91. The zero-order chi connectivity index (χ0) is 17.3. The number of rotatable bonds is 4. The van der Waals surface area contributed by atoms with Gasteiger partial charge in [0.2, 0.25) is 4.77 Å². The smallest absolute Gasteiger partial charge is 0.364 e. The molecule has 2 N–H and O–H groups in total. The molecule has 0 saturated carbocycles. The predicted octanol–water partition coefficient (Wildman–Crippen LogP) is -0.838. The van der Waals surface area contributed by atoms with E-state index in [1.165, 1.54) is 7.11 Å². The summed E-state index contributed by atoms with van der Waals surface area (Å²) in [6.07, 6.45) is 3.26. The van der Waals surface area contributed by atoms with Gasteiger partial charge in [0.15, 0.2) is 18.5 Å². The van der Waals surface area contributed by atoms with E-state index in [4.69, 9.17) is 17.0 Å². The largest absolute Gasteiger partial charge is 0.465 e. The summed E-state index contributed by atoms with van der Waals surface area (Å²) in [5, 5.41) is 14.5. The number of hydrogen-bond acceptors (Lipinski definition) is 6. The lowest BCUT2D eigenvalue weighted by Crippen LogP contribution is -3.14. The van der Waals surface area contributed by atoms with E-state index in [1.54, 1.807) is 17.1 Å². The topological polar surface area (TPSA) is 86.6 Å². The van der Waals surface area contributed by atoms with E-state index in [0.717, 1.165) is 16.3 Å². The Balaban J connectivity index is 1.88. The number of carbonyl (C=O) groups excluding carboxylic acids is 1. The van der Waals surface area contributed by atoms with Gasteiger partial charge >= 0.3 is 5.97 Å². The van der Waals surface area contributed by atoms with Gasteiger partial charge in [-0.1, -0.05) is 0 Å². The molecule has 128 valence electrons. The van der Waals surface area contributed by atoms with Crippen LogP contribution in [0, 0.1) is 4.77 Å². The molecule has 1 aliphatic rings. The van der Waals surface area contributed by atoms with E-state index in [2.05, 4.69) is 10.1 Å². The number of aliphatic hydroxyl groups is 1. The fourth-order valence-corrected chi connectivity index (χ4v) is 3.27. The number of methoxy groups -OCH3 is 1. The zero-order valence-corrected chi connectivity index (χ0v) is 14.4. The van der Waals surface area contributed by atoms with Gasteiger partial charge in [-0.15, -0.1) is 5.10 Å². The van der Waals surface area contributed by atoms with E-state index in [1.807, 2.05) is 23.7 Å². The third-order valence-corrected chi connectivity index (χ3v) is 4.80. The van der Waals surface area contributed by atoms with Crippen LogP contribution < -0.4 is 4.90 Å². The van der Waals surface area contributed by atoms with Gasteiger partial charge in [-0.3, -0.25) is 4.98 Å². The maximum Gasteiger partial charge on any atom is 0.364 e. The van der Waals surface area contributed by atoms with Crippen molar-refractivity contribution < 1.29 is 19.5 Å². The molecule has 24 heavy (non-hydrogen) atoms. The van der Waals surface area contributed by atoms with Crippen molar-refractivity contribution in [2.45, 2.75) is 25.2 Å². The molecule has 1 saturated heterocycles. The molecule has 1 unspecified atom stereocenters.